The number of rotatable bonds is 6. The number of carbonyl (C=O) groups is 2. The van der Waals surface area contributed by atoms with Crippen LogP contribution in [0.1, 0.15) is 26.3 Å². The summed E-state index contributed by atoms with van der Waals surface area (Å²) < 4.78 is 40.4. The van der Waals surface area contributed by atoms with Gasteiger partial charge in [-0.3, -0.25) is 20.4 Å². The molecule has 3 N–H and O–H groups in total. The summed E-state index contributed by atoms with van der Waals surface area (Å²) in [6.07, 6.45) is 0. The van der Waals surface area contributed by atoms with Gasteiger partial charge < -0.3 is 0 Å². The molecule has 0 spiro atoms. The Balaban J connectivity index is 1.33. The fraction of sp³-hybridized carbons (Fsp3) is 0.0400. The largest absolute Gasteiger partial charge is 0.269 e. The zero-order valence-electron chi connectivity index (χ0n) is 18.1. The predicted octanol–water partition coefficient (Wildman–Crippen LogP) is 4.19. The summed E-state index contributed by atoms with van der Waals surface area (Å²) in [4.78, 5) is 24.6. The number of hydrogen-bond acceptors (Lipinski definition) is 4. The molecule has 0 fully saturated rings. The van der Waals surface area contributed by atoms with Gasteiger partial charge in [0.05, 0.1) is 9.92 Å². The summed E-state index contributed by atoms with van der Waals surface area (Å²) in [5, 5.41) is 1.60. The molecule has 35 heavy (non-hydrogen) atoms. The number of halogens is 2. The van der Waals surface area contributed by atoms with Crippen molar-refractivity contribution in [3.8, 4) is 0 Å². The molecule has 10 heteroatoms. The number of amides is 2. The Morgan fingerprint density at radius 1 is 0.771 bits per heavy atom. The van der Waals surface area contributed by atoms with Crippen molar-refractivity contribution in [2.24, 2.45) is 0 Å². The molecule has 7 nitrogen and oxygen atoms in total. The molecule has 0 aliphatic rings. The zero-order chi connectivity index (χ0) is 25.0. The van der Waals surface area contributed by atoms with Gasteiger partial charge in [-0.15, -0.1) is 0 Å². The minimum absolute atomic E-state index is 0.0576. The van der Waals surface area contributed by atoms with Crippen LogP contribution in [0.2, 0.25) is 5.02 Å². The van der Waals surface area contributed by atoms with Gasteiger partial charge in [-0.2, -0.15) is 0 Å². The lowest BCUT2D eigenvalue weighted by Crippen LogP contribution is -2.41. The third-order valence-corrected chi connectivity index (χ3v) is 6.87. The van der Waals surface area contributed by atoms with Crippen molar-refractivity contribution < 1.29 is 22.4 Å². The number of carbonyl (C=O) groups excluding carboxylic acids is 2. The van der Waals surface area contributed by atoms with Crippen LogP contribution in [0.4, 0.5) is 4.39 Å². The Kier molecular flexibility index (Phi) is 7.11. The number of benzene rings is 4. The molecule has 178 valence electrons. The first-order valence-corrected chi connectivity index (χ1v) is 12.2. The number of hydrogen-bond donors (Lipinski definition) is 3. The summed E-state index contributed by atoms with van der Waals surface area (Å²) in [5.74, 6) is -1.71. The third-order valence-electron chi connectivity index (χ3n) is 5.19. The van der Waals surface area contributed by atoms with Crippen molar-refractivity contribution in [1.82, 2.24) is 15.6 Å². The van der Waals surface area contributed by atoms with Gasteiger partial charge in [-0.05, 0) is 58.8 Å². The first-order chi connectivity index (χ1) is 16.7. The monoisotopic (exact) mass is 511 g/mol. The van der Waals surface area contributed by atoms with Crippen LogP contribution in [-0.2, 0) is 16.6 Å². The van der Waals surface area contributed by atoms with Crippen LogP contribution in [0.15, 0.2) is 89.8 Å². The molecule has 0 unspecified atom stereocenters. The van der Waals surface area contributed by atoms with Crippen LogP contribution < -0.4 is 15.6 Å². The van der Waals surface area contributed by atoms with E-state index in [1.165, 1.54) is 12.1 Å². The van der Waals surface area contributed by atoms with Crippen molar-refractivity contribution >= 4 is 44.2 Å². The van der Waals surface area contributed by atoms with Crippen LogP contribution in [-0.4, -0.2) is 20.2 Å². The molecule has 4 aromatic carbocycles. The van der Waals surface area contributed by atoms with Gasteiger partial charge in [0.25, 0.3) is 11.8 Å². The SMILES string of the molecule is O=C(NNC(=O)c1ccc2ccccc2c1)c1ccc(CNS(=O)(=O)c2ccc(F)c(Cl)c2)cc1. The molecule has 0 radical (unpaired) electrons. The molecule has 0 atom stereocenters. The first-order valence-electron chi connectivity index (χ1n) is 10.4. The van der Waals surface area contributed by atoms with Crippen molar-refractivity contribution in [2.45, 2.75) is 11.4 Å². The lowest BCUT2D eigenvalue weighted by atomic mass is 10.1. The van der Waals surface area contributed by atoms with E-state index in [9.17, 15) is 22.4 Å². The highest BCUT2D eigenvalue weighted by Gasteiger charge is 2.16. The Labute approximate surface area is 205 Å². The second-order valence-electron chi connectivity index (χ2n) is 7.57. The minimum Gasteiger partial charge on any atom is -0.267 e. The van der Waals surface area contributed by atoms with Crippen LogP contribution in [0.3, 0.4) is 0 Å². The van der Waals surface area contributed by atoms with Crippen LogP contribution >= 0.6 is 11.6 Å². The Morgan fingerprint density at radius 3 is 2.09 bits per heavy atom. The molecule has 4 aromatic rings. The van der Waals surface area contributed by atoms with Gasteiger partial charge >= 0.3 is 0 Å². The number of hydrazine groups is 1. The maximum atomic E-state index is 13.3. The van der Waals surface area contributed by atoms with E-state index >= 15 is 0 Å². The Hall–Kier alpha value is -3.79. The molecular formula is C25H19ClFN3O4S. The Morgan fingerprint density at radius 2 is 1.40 bits per heavy atom. The predicted molar refractivity (Wildman–Crippen MR) is 131 cm³/mol. The van der Waals surface area contributed by atoms with E-state index in [2.05, 4.69) is 15.6 Å². The normalized spacial score (nSPS) is 11.3. The average Bonchev–Trinajstić information content (AvgIpc) is 2.87. The van der Waals surface area contributed by atoms with Crippen LogP contribution in [0.25, 0.3) is 10.8 Å². The van der Waals surface area contributed by atoms with Crippen molar-refractivity contribution in [2.75, 3.05) is 0 Å². The van der Waals surface area contributed by atoms with Gasteiger partial charge in [0, 0.05) is 17.7 Å². The molecular weight excluding hydrogens is 493 g/mol. The quantitative estimate of drug-likeness (QED) is 0.338. The highest BCUT2D eigenvalue weighted by atomic mass is 35.5. The second-order valence-corrected chi connectivity index (χ2v) is 9.74. The van der Waals surface area contributed by atoms with Gasteiger partial charge in [-0.1, -0.05) is 54.1 Å². The molecule has 0 aromatic heterocycles. The van der Waals surface area contributed by atoms with Crippen molar-refractivity contribution in [1.29, 1.82) is 0 Å². The lowest BCUT2D eigenvalue weighted by molar-refractivity contribution is 0.0847. The van der Waals surface area contributed by atoms with E-state index in [1.807, 2.05) is 30.3 Å². The molecule has 0 saturated carbocycles. The van der Waals surface area contributed by atoms with E-state index in [4.69, 9.17) is 11.6 Å². The molecule has 0 aliphatic carbocycles. The highest BCUT2D eigenvalue weighted by Crippen LogP contribution is 2.20. The van der Waals surface area contributed by atoms with Gasteiger partial charge in [0.1, 0.15) is 5.82 Å². The molecule has 4 rings (SSSR count). The number of nitrogens with one attached hydrogen (secondary N) is 3. The third kappa shape index (κ3) is 5.83. The van der Waals surface area contributed by atoms with E-state index in [1.54, 1.807) is 24.3 Å². The number of sulfonamides is 1. The molecule has 0 bridgehead atoms. The van der Waals surface area contributed by atoms with E-state index in [0.717, 1.165) is 29.0 Å². The van der Waals surface area contributed by atoms with Crippen LogP contribution in [0, 0.1) is 5.82 Å². The van der Waals surface area contributed by atoms with Gasteiger partial charge in [0.2, 0.25) is 10.0 Å². The van der Waals surface area contributed by atoms with Crippen molar-refractivity contribution in [3.05, 3.63) is 112 Å². The molecule has 0 saturated heterocycles. The van der Waals surface area contributed by atoms with E-state index in [-0.39, 0.29) is 22.0 Å². The smallest absolute Gasteiger partial charge is 0.267 e. The standard InChI is InChI=1S/C25H19ClFN3O4S/c26-22-14-21(11-12-23(22)27)35(33,34)28-15-16-5-7-18(8-6-16)24(31)29-30-25(32)20-10-9-17-3-1-2-4-19(17)13-20/h1-14,28H,15H2,(H,29,31)(H,30,32). The average molecular weight is 512 g/mol. The lowest BCUT2D eigenvalue weighted by Gasteiger charge is -2.10. The summed E-state index contributed by atoms with van der Waals surface area (Å²) in [7, 11) is -3.91. The van der Waals surface area contributed by atoms with Gasteiger partial charge in [-0.25, -0.2) is 17.5 Å². The maximum Gasteiger partial charge on any atom is 0.269 e. The topological polar surface area (TPSA) is 104 Å². The summed E-state index contributed by atoms with van der Waals surface area (Å²) in [5.41, 5.74) is 5.98. The first kappa shape index (κ1) is 24.3. The summed E-state index contributed by atoms with van der Waals surface area (Å²) >= 11 is 5.66. The highest BCUT2D eigenvalue weighted by molar-refractivity contribution is 7.89. The molecule has 0 heterocycles. The maximum absolute atomic E-state index is 13.3. The summed E-state index contributed by atoms with van der Waals surface area (Å²) in [6.45, 7) is -0.0576. The molecule has 2 amide bonds. The van der Waals surface area contributed by atoms with Gasteiger partial charge in [0.15, 0.2) is 0 Å². The van der Waals surface area contributed by atoms with Crippen LogP contribution in [0.5, 0.6) is 0 Å². The zero-order valence-corrected chi connectivity index (χ0v) is 19.7. The second kappa shape index (κ2) is 10.2. The van der Waals surface area contributed by atoms with E-state index in [0.29, 0.717) is 11.1 Å². The summed E-state index contributed by atoms with van der Waals surface area (Å²) in [6, 6.07) is 22.1. The minimum atomic E-state index is -3.91. The Bertz CT molecular complexity index is 1530. The number of fused-ring (bicyclic) bond motifs is 1. The fourth-order valence-electron chi connectivity index (χ4n) is 3.27. The molecule has 0 aliphatic heterocycles. The van der Waals surface area contributed by atoms with E-state index < -0.39 is 27.7 Å². The van der Waals surface area contributed by atoms with Crippen molar-refractivity contribution in [3.63, 3.8) is 0 Å². The fourth-order valence-corrected chi connectivity index (χ4v) is 4.56.